The fourth-order valence-corrected chi connectivity index (χ4v) is 1.75. The lowest BCUT2D eigenvalue weighted by molar-refractivity contribution is 0.0957. The molecule has 2 aromatic rings. The summed E-state index contributed by atoms with van der Waals surface area (Å²) in [5.74, 6) is -2.85. The lowest BCUT2D eigenvalue weighted by Crippen LogP contribution is -2.13. The molecule has 0 aliphatic rings. The second-order valence-electron chi connectivity index (χ2n) is 3.96. The Balaban J connectivity index is 2.38. The van der Waals surface area contributed by atoms with E-state index < -0.39 is 28.9 Å². The van der Waals surface area contributed by atoms with E-state index in [9.17, 15) is 13.6 Å². The van der Waals surface area contributed by atoms with Gasteiger partial charge in [0.05, 0.1) is 5.56 Å². The molecule has 18 heavy (non-hydrogen) atoms. The van der Waals surface area contributed by atoms with Gasteiger partial charge in [0.25, 0.3) is 0 Å². The Morgan fingerprint density at radius 2 is 1.67 bits per heavy atom. The van der Waals surface area contributed by atoms with Gasteiger partial charge >= 0.3 is 0 Å². The van der Waals surface area contributed by atoms with Crippen molar-refractivity contribution in [3.8, 4) is 0 Å². The first-order chi connectivity index (χ1) is 8.61. The standard InChI is InChI=1S/C14H11F2NO/c1-9(10-5-7-17-8-6-10)14(18)13-11(15)3-2-4-12(13)16/h2-9H,1H3. The molecular weight excluding hydrogens is 236 g/mol. The number of carbonyl (C=O) groups excluding carboxylic acids is 1. The number of pyridine rings is 1. The number of aromatic nitrogens is 1. The van der Waals surface area contributed by atoms with Gasteiger partial charge in [0.15, 0.2) is 5.78 Å². The van der Waals surface area contributed by atoms with Crippen LogP contribution in [0.3, 0.4) is 0 Å². The summed E-state index contributed by atoms with van der Waals surface area (Å²) in [5.41, 5.74) is 0.194. The molecule has 0 bridgehead atoms. The molecule has 0 spiro atoms. The van der Waals surface area contributed by atoms with Crippen LogP contribution in [0.1, 0.15) is 28.8 Å². The van der Waals surface area contributed by atoms with Gasteiger partial charge in [-0.1, -0.05) is 13.0 Å². The number of halogens is 2. The third-order valence-corrected chi connectivity index (χ3v) is 2.81. The van der Waals surface area contributed by atoms with Crippen molar-refractivity contribution in [2.75, 3.05) is 0 Å². The lowest BCUT2D eigenvalue weighted by Gasteiger charge is -2.11. The maximum absolute atomic E-state index is 13.5. The number of benzene rings is 1. The quantitative estimate of drug-likeness (QED) is 0.778. The van der Waals surface area contributed by atoms with Gasteiger partial charge in [-0.3, -0.25) is 9.78 Å². The van der Waals surface area contributed by atoms with Gasteiger partial charge in [0, 0.05) is 18.3 Å². The predicted octanol–water partition coefficient (Wildman–Crippen LogP) is 3.35. The normalized spacial score (nSPS) is 12.2. The monoisotopic (exact) mass is 247 g/mol. The third kappa shape index (κ3) is 2.27. The van der Waals surface area contributed by atoms with Crippen LogP contribution in [0.5, 0.6) is 0 Å². The Bertz CT molecular complexity index is 549. The number of nitrogens with zero attached hydrogens (tertiary/aromatic N) is 1. The van der Waals surface area contributed by atoms with Crippen LogP contribution >= 0.6 is 0 Å². The van der Waals surface area contributed by atoms with Crippen LogP contribution in [-0.4, -0.2) is 10.8 Å². The molecule has 0 saturated carbocycles. The zero-order valence-corrected chi connectivity index (χ0v) is 9.73. The highest BCUT2D eigenvalue weighted by Crippen LogP contribution is 2.23. The van der Waals surface area contributed by atoms with Gasteiger partial charge in [-0.2, -0.15) is 0 Å². The molecule has 0 aliphatic heterocycles. The number of Topliss-reactive ketones (excluding diaryl/α,β-unsaturated/α-hetero) is 1. The highest BCUT2D eigenvalue weighted by Gasteiger charge is 2.23. The first-order valence-electron chi connectivity index (χ1n) is 5.49. The van der Waals surface area contributed by atoms with Crippen molar-refractivity contribution in [1.29, 1.82) is 0 Å². The van der Waals surface area contributed by atoms with E-state index in [0.717, 1.165) is 12.1 Å². The molecule has 0 N–H and O–H groups in total. The molecule has 0 fully saturated rings. The maximum atomic E-state index is 13.5. The molecular formula is C14H11F2NO. The smallest absolute Gasteiger partial charge is 0.175 e. The molecule has 2 rings (SSSR count). The summed E-state index contributed by atoms with van der Waals surface area (Å²) in [4.78, 5) is 15.9. The molecule has 1 unspecified atom stereocenters. The summed E-state index contributed by atoms with van der Waals surface area (Å²) in [7, 11) is 0. The average molecular weight is 247 g/mol. The minimum Gasteiger partial charge on any atom is -0.293 e. The summed E-state index contributed by atoms with van der Waals surface area (Å²) in [6.07, 6.45) is 3.08. The fraction of sp³-hybridized carbons (Fsp3) is 0.143. The molecule has 0 radical (unpaired) electrons. The van der Waals surface area contributed by atoms with Gasteiger partial charge in [-0.05, 0) is 29.8 Å². The van der Waals surface area contributed by atoms with Crippen molar-refractivity contribution in [2.45, 2.75) is 12.8 Å². The highest BCUT2D eigenvalue weighted by atomic mass is 19.1. The van der Waals surface area contributed by atoms with Crippen molar-refractivity contribution in [1.82, 2.24) is 4.98 Å². The van der Waals surface area contributed by atoms with Crippen LogP contribution in [0.25, 0.3) is 0 Å². The molecule has 4 heteroatoms. The van der Waals surface area contributed by atoms with E-state index in [1.165, 1.54) is 18.5 Å². The molecule has 1 aromatic carbocycles. The van der Waals surface area contributed by atoms with Gasteiger partial charge in [0.1, 0.15) is 11.6 Å². The van der Waals surface area contributed by atoms with Gasteiger partial charge in [-0.15, -0.1) is 0 Å². The van der Waals surface area contributed by atoms with E-state index >= 15 is 0 Å². The Morgan fingerprint density at radius 1 is 1.11 bits per heavy atom. The Morgan fingerprint density at radius 3 is 2.22 bits per heavy atom. The molecule has 2 nitrogen and oxygen atoms in total. The Kier molecular flexibility index (Phi) is 3.46. The minimum absolute atomic E-state index is 0.484. The zero-order valence-electron chi connectivity index (χ0n) is 9.73. The summed E-state index contributed by atoms with van der Waals surface area (Å²) in [6, 6.07) is 6.70. The number of ketones is 1. The largest absolute Gasteiger partial charge is 0.293 e. The van der Waals surface area contributed by atoms with Crippen LogP contribution in [0.4, 0.5) is 8.78 Å². The molecule has 1 heterocycles. The van der Waals surface area contributed by atoms with Crippen molar-refractivity contribution in [3.05, 3.63) is 65.5 Å². The van der Waals surface area contributed by atoms with E-state index in [0.29, 0.717) is 5.56 Å². The van der Waals surface area contributed by atoms with Gasteiger partial charge in [0.2, 0.25) is 0 Å². The molecule has 0 saturated heterocycles. The van der Waals surface area contributed by atoms with E-state index in [1.807, 2.05) is 0 Å². The number of carbonyl (C=O) groups is 1. The Labute approximate surface area is 103 Å². The minimum atomic E-state index is -0.832. The topological polar surface area (TPSA) is 30.0 Å². The van der Waals surface area contributed by atoms with Crippen molar-refractivity contribution in [2.24, 2.45) is 0 Å². The van der Waals surface area contributed by atoms with Crippen LogP contribution in [0.15, 0.2) is 42.7 Å². The fourth-order valence-electron chi connectivity index (χ4n) is 1.75. The predicted molar refractivity (Wildman–Crippen MR) is 63.3 cm³/mol. The molecule has 92 valence electrons. The van der Waals surface area contributed by atoms with E-state index in [4.69, 9.17) is 0 Å². The van der Waals surface area contributed by atoms with Crippen LogP contribution in [0.2, 0.25) is 0 Å². The van der Waals surface area contributed by atoms with Gasteiger partial charge in [-0.25, -0.2) is 8.78 Å². The zero-order chi connectivity index (χ0) is 13.1. The summed E-state index contributed by atoms with van der Waals surface area (Å²) < 4.78 is 27.0. The number of rotatable bonds is 3. The highest BCUT2D eigenvalue weighted by molar-refractivity contribution is 6.01. The first kappa shape index (κ1) is 12.4. The SMILES string of the molecule is CC(C(=O)c1c(F)cccc1F)c1ccncc1. The summed E-state index contributed by atoms with van der Waals surface area (Å²) >= 11 is 0. The Hall–Kier alpha value is -2.10. The second-order valence-corrected chi connectivity index (χ2v) is 3.96. The maximum Gasteiger partial charge on any atom is 0.175 e. The average Bonchev–Trinajstić information content (AvgIpc) is 2.38. The van der Waals surface area contributed by atoms with E-state index in [-0.39, 0.29) is 0 Å². The van der Waals surface area contributed by atoms with Crippen LogP contribution in [0, 0.1) is 11.6 Å². The van der Waals surface area contributed by atoms with Crippen molar-refractivity contribution < 1.29 is 13.6 Å². The molecule has 0 aliphatic carbocycles. The third-order valence-electron chi connectivity index (χ3n) is 2.81. The number of hydrogen-bond acceptors (Lipinski definition) is 2. The van der Waals surface area contributed by atoms with Crippen molar-refractivity contribution in [3.63, 3.8) is 0 Å². The van der Waals surface area contributed by atoms with Crippen molar-refractivity contribution >= 4 is 5.78 Å². The van der Waals surface area contributed by atoms with Crippen LogP contribution < -0.4 is 0 Å². The van der Waals surface area contributed by atoms with Gasteiger partial charge < -0.3 is 0 Å². The second kappa shape index (κ2) is 5.04. The first-order valence-corrected chi connectivity index (χ1v) is 5.49. The lowest BCUT2D eigenvalue weighted by atomic mass is 9.92. The van der Waals surface area contributed by atoms with E-state index in [2.05, 4.69) is 4.98 Å². The molecule has 0 amide bonds. The van der Waals surface area contributed by atoms with E-state index in [1.54, 1.807) is 19.1 Å². The van der Waals surface area contributed by atoms with Crippen LogP contribution in [-0.2, 0) is 0 Å². The summed E-state index contributed by atoms with van der Waals surface area (Å²) in [5, 5.41) is 0. The molecule has 1 atom stereocenters. The molecule has 1 aromatic heterocycles. The summed E-state index contributed by atoms with van der Waals surface area (Å²) in [6.45, 7) is 1.61. The number of hydrogen-bond donors (Lipinski definition) is 0.